The van der Waals surface area contributed by atoms with Gasteiger partial charge < -0.3 is 9.13 Å². The number of nitrogens with zero attached hydrogens (tertiary/aromatic N) is 2. The summed E-state index contributed by atoms with van der Waals surface area (Å²) in [4.78, 5) is 0. The van der Waals surface area contributed by atoms with Gasteiger partial charge in [-0.2, -0.15) is 0 Å². The molecule has 0 radical (unpaired) electrons. The van der Waals surface area contributed by atoms with E-state index in [1.54, 1.807) is 0 Å². The highest BCUT2D eigenvalue weighted by Gasteiger charge is 2.23. The number of rotatable bonds is 7. The molecule has 0 unspecified atom stereocenters. The van der Waals surface area contributed by atoms with Crippen LogP contribution in [-0.4, -0.2) is 32.7 Å². The zero-order valence-corrected chi connectivity index (χ0v) is 36.8. The summed E-state index contributed by atoms with van der Waals surface area (Å²) in [5, 5.41) is 5.05. The maximum Gasteiger partial charge on any atom is 0.141 e. The van der Waals surface area contributed by atoms with Crippen LogP contribution in [0, 0.1) is 0 Å². The van der Waals surface area contributed by atoms with E-state index in [1.807, 2.05) is 0 Å². The van der Waals surface area contributed by atoms with Gasteiger partial charge in [0.1, 0.15) is 23.5 Å². The van der Waals surface area contributed by atoms with Crippen LogP contribution in [0.3, 0.4) is 0 Å². The number of benzene rings is 10. The Hall–Kier alpha value is -8.01. The molecule has 12 aromatic rings. The molecule has 0 saturated heterocycles. The van der Waals surface area contributed by atoms with E-state index in [9.17, 15) is 0 Å². The van der Waals surface area contributed by atoms with Crippen molar-refractivity contribution < 1.29 is 0 Å². The summed E-state index contributed by atoms with van der Waals surface area (Å²) in [5.74, 6) is 0. The van der Waals surface area contributed by atoms with E-state index in [2.05, 4.69) is 257 Å². The van der Waals surface area contributed by atoms with Gasteiger partial charge in [-0.1, -0.05) is 192 Å². The summed E-state index contributed by atoms with van der Waals surface area (Å²) in [6.07, 6.45) is 0. The lowest BCUT2D eigenvalue weighted by Crippen LogP contribution is -2.35. The number of para-hydroxylation sites is 1. The van der Waals surface area contributed by atoms with Crippen molar-refractivity contribution in [1.82, 2.24) is 9.13 Å². The third-order valence-corrected chi connectivity index (χ3v) is 13.7. The van der Waals surface area contributed by atoms with Crippen LogP contribution in [0.2, 0.25) is 0 Å². The fourth-order valence-electron chi connectivity index (χ4n) is 10.6. The standard InChI is InChI=1S/C60H43B3N2/c61-57-55(44-31-33-53-51(36-44)49-28-12-13-29-52(49)64(53)45-24-14-22-41(34-45)38-16-4-1-5-17-38)58(62)59(63)60-56(57)50-32-30-43(48-27-11-10-26-47(48)40-20-8-3-9-21-40)37-54(50)65(60)46-25-15-23-42(35-46)39-18-6-2-7-19-39/h1-37H,61-63H2. The molecule has 5 heteroatoms. The molecule has 302 valence electrons. The highest BCUT2D eigenvalue weighted by atomic mass is 15.0. The summed E-state index contributed by atoms with van der Waals surface area (Å²) < 4.78 is 4.96. The molecule has 2 aromatic heterocycles. The quantitative estimate of drug-likeness (QED) is 0.142. The first-order valence-corrected chi connectivity index (χ1v) is 22.6. The van der Waals surface area contributed by atoms with E-state index in [0.29, 0.717) is 0 Å². The van der Waals surface area contributed by atoms with Crippen molar-refractivity contribution in [1.29, 1.82) is 0 Å². The van der Waals surface area contributed by atoms with Crippen LogP contribution in [0.4, 0.5) is 0 Å². The lowest BCUT2D eigenvalue weighted by Gasteiger charge is -2.19. The second kappa shape index (κ2) is 15.7. The smallest absolute Gasteiger partial charge is 0.141 e. The lowest BCUT2D eigenvalue weighted by atomic mass is 9.69. The van der Waals surface area contributed by atoms with Gasteiger partial charge in [-0.25, -0.2) is 0 Å². The maximum atomic E-state index is 2.53. The zero-order chi connectivity index (χ0) is 43.6. The van der Waals surface area contributed by atoms with Crippen LogP contribution in [-0.2, 0) is 0 Å². The van der Waals surface area contributed by atoms with E-state index in [4.69, 9.17) is 0 Å². The average Bonchev–Trinajstić information content (AvgIpc) is 3.90. The number of hydrogen-bond donors (Lipinski definition) is 0. The van der Waals surface area contributed by atoms with Crippen molar-refractivity contribution in [2.45, 2.75) is 0 Å². The van der Waals surface area contributed by atoms with E-state index in [1.165, 1.54) is 116 Å². The predicted octanol–water partition coefficient (Wildman–Crippen LogP) is 11.0. The fourth-order valence-corrected chi connectivity index (χ4v) is 10.6. The lowest BCUT2D eigenvalue weighted by molar-refractivity contribution is 1.18. The van der Waals surface area contributed by atoms with Gasteiger partial charge in [0.15, 0.2) is 0 Å². The van der Waals surface area contributed by atoms with Gasteiger partial charge >= 0.3 is 0 Å². The summed E-state index contributed by atoms with van der Waals surface area (Å²) in [7, 11) is 6.99. The topological polar surface area (TPSA) is 9.86 Å². The molecule has 65 heavy (non-hydrogen) atoms. The van der Waals surface area contributed by atoms with Gasteiger partial charge in [-0.3, -0.25) is 0 Å². The van der Waals surface area contributed by atoms with E-state index in [-0.39, 0.29) is 0 Å². The molecular formula is C60H43B3N2. The molecule has 0 aliphatic rings. The molecule has 0 spiro atoms. The molecule has 0 bridgehead atoms. The molecule has 2 heterocycles. The minimum Gasteiger partial charge on any atom is -0.310 e. The molecule has 0 atom stereocenters. The Morgan fingerprint density at radius 2 is 0.800 bits per heavy atom. The SMILES string of the molecule is Bc1c(-c2ccc3c(c2)c2ccccc2n3-c2cccc(-c3ccccc3)c2)c(B)c2c3ccc(-c4ccccc4-c4ccccc4)cc3n(-c3cccc(-c4ccccc4)c3)c2c1B. The van der Waals surface area contributed by atoms with E-state index < -0.39 is 0 Å². The Morgan fingerprint density at radius 1 is 0.277 bits per heavy atom. The largest absolute Gasteiger partial charge is 0.310 e. The second-order valence-corrected chi connectivity index (χ2v) is 17.4. The van der Waals surface area contributed by atoms with Crippen LogP contribution in [0.15, 0.2) is 224 Å². The normalized spacial score (nSPS) is 11.6. The van der Waals surface area contributed by atoms with Crippen molar-refractivity contribution in [2.24, 2.45) is 0 Å². The van der Waals surface area contributed by atoms with Gasteiger partial charge in [0, 0.05) is 38.4 Å². The number of aromatic nitrogens is 2. The molecular weight excluding hydrogens is 781 g/mol. The Balaban J connectivity index is 1.09. The van der Waals surface area contributed by atoms with Crippen molar-refractivity contribution in [3.8, 4) is 67.0 Å². The number of hydrogen-bond acceptors (Lipinski definition) is 0. The Morgan fingerprint density at radius 3 is 1.46 bits per heavy atom. The molecule has 0 saturated carbocycles. The molecule has 0 N–H and O–H groups in total. The molecule has 2 nitrogen and oxygen atoms in total. The van der Waals surface area contributed by atoms with Crippen LogP contribution < -0.4 is 16.4 Å². The highest BCUT2D eigenvalue weighted by Crippen LogP contribution is 2.40. The molecule has 0 fully saturated rings. The predicted molar refractivity (Wildman–Crippen MR) is 287 cm³/mol. The van der Waals surface area contributed by atoms with Gasteiger partial charge in [0.05, 0.1) is 16.6 Å². The van der Waals surface area contributed by atoms with Gasteiger partial charge in [0.25, 0.3) is 0 Å². The second-order valence-electron chi connectivity index (χ2n) is 17.4. The average molecular weight is 824 g/mol. The van der Waals surface area contributed by atoms with Crippen molar-refractivity contribution in [3.63, 3.8) is 0 Å². The first-order valence-electron chi connectivity index (χ1n) is 22.6. The van der Waals surface area contributed by atoms with Crippen LogP contribution in [0.1, 0.15) is 0 Å². The minimum absolute atomic E-state index is 1.15. The monoisotopic (exact) mass is 824 g/mol. The van der Waals surface area contributed by atoms with Gasteiger partial charge in [-0.15, -0.1) is 0 Å². The van der Waals surface area contributed by atoms with Crippen LogP contribution >= 0.6 is 0 Å². The summed E-state index contributed by atoms with van der Waals surface area (Å²) >= 11 is 0. The maximum absolute atomic E-state index is 2.53. The molecule has 10 aromatic carbocycles. The summed E-state index contributed by atoms with van der Waals surface area (Å²) in [5.41, 5.74) is 23.3. The van der Waals surface area contributed by atoms with Crippen LogP contribution in [0.25, 0.3) is 111 Å². The Kier molecular flexibility index (Phi) is 9.31. The van der Waals surface area contributed by atoms with E-state index >= 15 is 0 Å². The third-order valence-electron chi connectivity index (χ3n) is 13.7. The summed E-state index contributed by atoms with van der Waals surface area (Å²) in [6, 6.07) is 82.0. The van der Waals surface area contributed by atoms with Gasteiger partial charge in [0.2, 0.25) is 0 Å². The Bertz CT molecular complexity index is 3790. The van der Waals surface area contributed by atoms with Gasteiger partial charge in [-0.05, 0) is 104 Å². The third kappa shape index (κ3) is 6.38. The summed E-state index contributed by atoms with van der Waals surface area (Å²) in [6.45, 7) is 0. The van der Waals surface area contributed by atoms with Crippen molar-refractivity contribution in [3.05, 3.63) is 224 Å². The minimum atomic E-state index is 1.15. The van der Waals surface area contributed by atoms with Crippen LogP contribution in [0.5, 0.6) is 0 Å². The molecule has 12 rings (SSSR count). The molecule has 0 aliphatic carbocycles. The van der Waals surface area contributed by atoms with E-state index in [0.717, 1.165) is 11.4 Å². The zero-order valence-electron chi connectivity index (χ0n) is 36.8. The van der Waals surface area contributed by atoms with Crippen molar-refractivity contribution >= 4 is 83.5 Å². The first kappa shape index (κ1) is 38.7. The number of fused-ring (bicyclic) bond motifs is 6. The Labute approximate surface area is 382 Å². The van der Waals surface area contributed by atoms with Crippen molar-refractivity contribution in [2.75, 3.05) is 0 Å². The first-order chi connectivity index (χ1) is 32.0. The molecule has 0 amide bonds. The highest BCUT2D eigenvalue weighted by molar-refractivity contribution is 6.60. The molecule has 0 aliphatic heterocycles. The fraction of sp³-hybridized carbons (Fsp3) is 0.